The maximum absolute atomic E-state index is 14.3. The molecule has 4 heteroatoms. The fraction of sp³-hybridized carbons (Fsp3) is 0.571. The normalized spacial score (nSPS) is 23.8. The van der Waals surface area contributed by atoms with Gasteiger partial charge in [0.15, 0.2) is 0 Å². The van der Waals surface area contributed by atoms with E-state index in [0.29, 0.717) is 6.42 Å². The minimum absolute atomic E-state index is 0.0148. The van der Waals surface area contributed by atoms with Gasteiger partial charge in [0.25, 0.3) is 0 Å². The van der Waals surface area contributed by atoms with Crippen molar-refractivity contribution < 1.29 is 9.13 Å². The zero-order chi connectivity index (χ0) is 12.5. The Labute approximate surface area is 115 Å². The molecule has 2 heterocycles. The number of hydrogen-bond acceptors (Lipinski definition) is 2. The molecule has 1 N–H and O–H groups in total. The lowest BCUT2D eigenvalue weighted by Crippen LogP contribution is -2.33. The maximum Gasteiger partial charge on any atom is 0.125 e. The fourth-order valence-electron chi connectivity index (χ4n) is 2.87. The van der Waals surface area contributed by atoms with Crippen molar-refractivity contribution in [3.8, 4) is 5.75 Å². The van der Waals surface area contributed by atoms with E-state index in [0.717, 1.165) is 48.2 Å². The molecule has 1 aromatic carbocycles. The van der Waals surface area contributed by atoms with Crippen LogP contribution in [0.4, 0.5) is 4.39 Å². The fourth-order valence-corrected chi connectivity index (χ4v) is 3.42. The second-order valence-electron chi connectivity index (χ2n) is 5.07. The van der Waals surface area contributed by atoms with Crippen molar-refractivity contribution in [2.75, 3.05) is 13.2 Å². The van der Waals surface area contributed by atoms with E-state index in [2.05, 4.69) is 27.3 Å². The van der Waals surface area contributed by atoms with Crippen molar-refractivity contribution in [1.29, 1.82) is 0 Å². The van der Waals surface area contributed by atoms with E-state index in [1.807, 2.05) is 6.07 Å². The molecule has 2 aliphatic rings. The van der Waals surface area contributed by atoms with Crippen molar-refractivity contribution in [1.82, 2.24) is 5.32 Å². The largest absolute Gasteiger partial charge is 0.493 e. The molecule has 2 aliphatic heterocycles. The first-order valence-corrected chi connectivity index (χ1v) is 7.35. The SMILES string of the molecule is FC(Cc1cc(Br)cc2c1OCC2)C1CCCN1. The monoisotopic (exact) mass is 313 g/mol. The standard InChI is InChI=1S/C14H17BrFNO/c15-11-6-9-3-5-18-14(9)10(7-11)8-12(16)13-2-1-4-17-13/h6-7,12-13,17H,1-5,8H2. The molecule has 1 saturated heterocycles. The Kier molecular flexibility index (Phi) is 3.57. The number of ether oxygens (including phenoxy) is 1. The van der Waals surface area contributed by atoms with Crippen LogP contribution in [0.5, 0.6) is 5.75 Å². The highest BCUT2D eigenvalue weighted by molar-refractivity contribution is 9.10. The van der Waals surface area contributed by atoms with E-state index in [1.54, 1.807) is 0 Å². The molecule has 0 saturated carbocycles. The van der Waals surface area contributed by atoms with Gasteiger partial charge in [0, 0.05) is 23.4 Å². The number of alkyl halides is 1. The molecule has 0 aliphatic carbocycles. The topological polar surface area (TPSA) is 21.3 Å². The van der Waals surface area contributed by atoms with Gasteiger partial charge in [-0.15, -0.1) is 0 Å². The number of nitrogens with one attached hydrogen (secondary N) is 1. The van der Waals surface area contributed by atoms with Gasteiger partial charge in [0.2, 0.25) is 0 Å². The molecule has 0 radical (unpaired) electrons. The first-order chi connectivity index (χ1) is 8.74. The van der Waals surface area contributed by atoms with Crippen LogP contribution in [0.1, 0.15) is 24.0 Å². The van der Waals surface area contributed by atoms with E-state index in [-0.39, 0.29) is 6.04 Å². The predicted molar refractivity (Wildman–Crippen MR) is 73.0 cm³/mol. The summed E-state index contributed by atoms with van der Waals surface area (Å²) < 4.78 is 20.9. The number of benzene rings is 1. The van der Waals surface area contributed by atoms with Crippen molar-refractivity contribution in [3.05, 3.63) is 27.7 Å². The summed E-state index contributed by atoms with van der Waals surface area (Å²) in [4.78, 5) is 0. The molecule has 2 unspecified atom stereocenters. The van der Waals surface area contributed by atoms with Crippen LogP contribution in [0.3, 0.4) is 0 Å². The molecular weight excluding hydrogens is 297 g/mol. The third kappa shape index (κ3) is 2.41. The summed E-state index contributed by atoms with van der Waals surface area (Å²) in [6.07, 6.45) is 2.58. The highest BCUT2D eigenvalue weighted by Crippen LogP contribution is 2.34. The van der Waals surface area contributed by atoms with Crippen LogP contribution in [-0.2, 0) is 12.8 Å². The predicted octanol–water partition coefficient (Wildman–Crippen LogP) is 3.02. The van der Waals surface area contributed by atoms with Gasteiger partial charge in [-0.1, -0.05) is 15.9 Å². The molecule has 0 spiro atoms. The Hall–Kier alpha value is -0.610. The lowest BCUT2D eigenvalue weighted by Gasteiger charge is -2.17. The second kappa shape index (κ2) is 5.17. The lowest BCUT2D eigenvalue weighted by atomic mass is 9.99. The van der Waals surface area contributed by atoms with Crippen molar-refractivity contribution in [2.24, 2.45) is 0 Å². The molecular formula is C14H17BrFNO. The zero-order valence-corrected chi connectivity index (χ0v) is 11.8. The summed E-state index contributed by atoms with van der Waals surface area (Å²) in [6.45, 7) is 1.66. The number of fused-ring (bicyclic) bond motifs is 1. The maximum atomic E-state index is 14.3. The van der Waals surface area contributed by atoms with Crippen molar-refractivity contribution in [3.63, 3.8) is 0 Å². The smallest absolute Gasteiger partial charge is 0.125 e. The number of halogens is 2. The molecule has 2 atom stereocenters. The van der Waals surface area contributed by atoms with Gasteiger partial charge in [-0.2, -0.15) is 0 Å². The molecule has 1 fully saturated rings. The molecule has 98 valence electrons. The third-order valence-corrected chi connectivity index (χ3v) is 4.23. The Balaban J connectivity index is 1.79. The highest BCUT2D eigenvalue weighted by atomic mass is 79.9. The van der Waals surface area contributed by atoms with Crippen LogP contribution in [0.15, 0.2) is 16.6 Å². The van der Waals surface area contributed by atoms with E-state index in [1.165, 1.54) is 5.56 Å². The van der Waals surface area contributed by atoms with Gasteiger partial charge in [0.1, 0.15) is 11.9 Å². The molecule has 0 aromatic heterocycles. The van der Waals surface area contributed by atoms with Crippen LogP contribution in [0.25, 0.3) is 0 Å². The Bertz CT molecular complexity index is 446. The van der Waals surface area contributed by atoms with Gasteiger partial charge >= 0.3 is 0 Å². The van der Waals surface area contributed by atoms with Crippen LogP contribution >= 0.6 is 15.9 Å². The molecule has 18 heavy (non-hydrogen) atoms. The average Bonchev–Trinajstić information content (AvgIpc) is 2.98. The summed E-state index contributed by atoms with van der Waals surface area (Å²) >= 11 is 3.50. The van der Waals surface area contributed by atoms with Crippen LogP contribution in [0.2, 0.25) is 0 Å². The summed E-state index contributed by atoms with van der Waals surface area (Å²) in [5.41, 5.74) is 2.20. The van der Waals surface area contributed by atoms with Crippen LogP contribution < -0.4 is 10.1 Å². The molecule has 0 amide bonds. The number of rotatable bonds is 3. The van der Waals surface area contributed by atoms with Gasteiger partial charge in [-0.3, -0.25) is 0 Å². The van der Waals surface area contributed by atoms with Gasteiger partial charge in [-0.05, 0) is 42.6 Å². The molecule has 1 aromatic rings. The second-order valence-corrected chi connectivity index (χ2v) is 5.99. The Morgan fingerprint density at radius 2 is 2.39 bits per heavy atom. The van der Waals surface area contributed by atoms with Crippen molar-refractivity contribution in [2.45, 2.75) is 37.9 Å². The number of hydrogen-bond donors (Lipinski definition) is 1. The lowest BCUT2D eigenvalue weighted by molar-refractivity contribution is 0.260. The minimum Gasteiger partial charge on any atom is -0.493 e. The molecule has 3 rings (SSSR count). The van der Waals surface area contributed by atoms with E-state index >= 15 is 0 Å². The zero-order valence-electron chi connectivity index (χ0n) is 10.2. The summed E-state index contributed by atoms with van der Waals surface area (Å²) in [6, 6.07) is 4.08. The van der Waals surface area contributed by atoms with Gasteiger partial charge in [0.05, 0.1) is 6.61 Å². The summed E-state index contributed by atoms with van der Waals surface area (Å²) in [5.74, 6) is 0.916. The Morgan fingerprint density at radius 3 is 3.17 bits per heavy atom. The van der Waals surface area contributed by atoms with E-state index < -0.39 is 6.17 Å². The van der Waals surface area contributed by atoms with Gasteiger partial charge < -0.3 is 10.1 Å². The van der Waals surface area contributed by atoms with Crippen LogP contribution in [-0.4, -0.2) is 25.4 Å². The summed E-state index contributed by atoms with van der Waals surface area (Å²) in [7, 11) is 0. The first-order valence-electron chi connectivity index (χ1n) is 6.55. The first kappa shape index (κ1) is 12.4. The minimum atomic E-state index is -0.824. The average molecular weight is 314 g/mol. The van der Waals surface area contributed by atoms with Crippen molar-refractivity contribution >= 4 is 15.9 Å². The highest BCUT2D eigenvalue weighted by Gasteiger charge is 2.27. The molecule has 0 bridgehead atoms. The van der Waals surface area contributed by atoms with Crippen LogP contribution in [0, 0.1) is 0 Å². The molecule has 2 nitrogen and oxygen atoms in total. The third-order valence-electron chi connectivity index (χ3n) is 3.78. The summed E-state index contributed by atoms with van der Waals surface area (Å²) in [5, 5.41) is 3.23. The Morgan fingerprint density at radius 1 is 1.50 bits per heavy atom. The van der Waals surface area contributed by atoms with E-state index in [4.69, 9.17) is 4.74 Å². The quantitative estimate of drug-likeness (QED) is 0.926. The van der Waals surface area contributed by atoms with Gasteiger partial charge in [-0.25, -0.2) is 4.39 Å². The van der Waals surface area contributed by atoms with E-state index in [9.17, 15) is 4.39 Å².